The summed E-state index contributed by atoms with van der Waals surface area (Å²) < 4.78 is 40.9. The van der Waals surface area contributed by atoms with Crippen molar-refractivity contribution in [3.63, 3.8) is 0 Å². The van der Waals surface area contributed by atoms with E-state index in [2.05, 4.69) is 0 Å². The second-order valence-electron chi connectivity index (χ2n) is 4.54. The summed E-state index contributed by atoms with van der Waals surface area (Å²) in [6, 6.07) is 9.03. The Labute approximate surface area is 123 Å². The van der Waals surface area contributed by atoms with Gasteiger partial charge in [-0.2, -0.15) is 0 Å². The summed E-state index contributed by atoms with van der Waals surface area (Å²) in [6.45, 7) is 0. The van der Waals surface area contributed by atoms with Gasteiger partial charge in [0.15, 0.2) is 0 Å². The normalized spacial score (nSPS) is 18.3. The molecule has 0 radical (unpaired) electrons. The van der Waals surface area contributed by atoms with Crippen molar-refractivity contribution >= 4 is 23.4 Å². The molecule has 6 heteroatoms. The summed E-state index contributed by atoms with van der Waals surface area (Å²) in [6.07, 6.45) is 0. The molecule has 0 aliphatic carbocycles. The number of nitrogens with zero attached hydrogens (tertiary/aromatic N) is 1. The third-order valence-corrected chi connectivity index (χ3v) is 4.40. The smallest absolute Gasteiger partial charge is 0.238 e. The fourth-order valence-corrected chi connectivity index (χ4v) is 3.46. The van der Waals surface area contributed by atoms with Crippen molar-refractivity contribution in [2.75, 3.05) is 10.7 Å². The van der Waals surface area contributed by atoms with Crippen LogP contribution in [0.25, 0.3) is 0 Å². The first-order chi connectivity index (χ1) is 10.1. The number of benzene rings is 2. The maximum absolute atomic E-state index is 13.9. The number of carbonyl (C=O) groups excluding carboxylic acids is 1. The van der Waals surface area contributed by atoms with Gasteiger partial charge in [0, 0.05) is 11.6 Å². The molecule has 1 atom stereocenters. The van der Waals surface area contributed by atoms with Gasteiger partial charge in [-0.05, 0) is 18.2 Å². The molecule has 1 aliphatic heterocycles. The molecule has 2 aromatic rings. The zero-order valence-electron chi connectivity index (χ0n) is 10.7. The van der Waals surface area contributed by atoms with Crippen molar-refractivity contribution < 1.29 is 18.0 Å². The minimum Gasteiger partial charge on any atom is -0.292 e. The summed E-state index contributed by atoms with van der Waals surface area (Å²) >= 11 is 1.21. The molecule has 0 saturated carbocycles. The van der Waals surface area contributed by atoms with Crippen LogP contribution in [0.5, 0.6) is 0 Å². The Bertz CT molecular complexity index is 707. The van der Waals surface area contributed by atoms with Gasteiger partial charge in [-0.15, -0.1) is 11.8 Å². The van der Waals surface area contributed by atoms with Gasteiger partial charge in [0.05, 0.1) is 11.4 Å². The molecular weight excluding hydrogens is 299 g/mol. The van der Waals surface area contributed by atoms with Crippen LogP contribution in [0.1, 0.15) is 10.9 Å². The van der Waals surface area contributed by atoms with E-state index in [4.69, 9.17) is 0 Å². The fraction of sp³-hybridized carbons (Fsp3) is 0.133. The molecule has 1 aliphatic rings. The zero-order valence-corrected chi connectivity index (χ0v) is 11.5. The highest BCUT2D eigenvalue weighted by atomic mass is 32.2. The number of anilines is 1. The molecule has 0 aromatic heterocycles. The van der Waals surface area contributed by atoms with E-state index in [1.54, 1.807) is 18.2 Å². The second-order valence-corrected chi connectivity index (χ2v) is 5.61. The molecule has 1 unspecified atom stereocenters. The predicted octanol–water partition coefficient (Wildman–Crippen LogP) is 3.88. The molecule has 1 heterocycles. The van der Waals surface area contributed by atoms with E-state index in [0.29, 0.717) is 11.6 Å². The van der Waals surface area contributed by atoms with Crippen LogP contribution in [-0.2, 0) is 4.79 Å². The number of halogens is 3. The van der Waals surface area contributed by atoms with E-state index in [1.807, 2.05) is 0 Å². The number of amides is 1. The third-order valence-electron chi connectivity index (χ3n) is 3.21. The number of rotatable bonds is 2. The van der Waals surface area contributed by atoms with Gasteiger partial charge in [0.25, 0.3) is 0 Å². The largest absolute Gasteiger partial charge is 0.292 e. The maximum Gasteiger partial charge on any atom is 0.238 e. The van der Waals surface area contributed by atoms with Crippen molar-refractivity contribution in [1.82, 2.24) is 0 Å². The Morgan fingerprint density at radius 3 is 2.52 bits per heavy atom. The molecule has 2 nitrogen and oxygen atoms in total. The average molecular weight is 309 g/mol. The molecule has 108 valence electrons. The zero-order chi connectivity index (χ0) is 15.0. The lowest BCUT2D eigenvalue weighted by Gasteiger charge is -2.25. The fourth-order valence-electron chi connectivity index (χ4n) is 2.27. The molecule has 2 aromatic carbocycles. The van der Waals surface area contributed by atoms with Crippen LogP contribution in [0, 0.1) is 17.5 Å². The number of hydrogen-bond donors (Lipinski definition) is 0. The van der Waals surface area contributed by atoms with Crippen LogP contribution in [0.15, 0.2) is 42.5 Å². The lowest BCUT2D eigenvalue weighted by Crippen LogP contribution is -2.29. The van der Waals surface area contributed by atoms with Gasteiger partial charge in [-0.3, -0.25) is 9.69 Å². The standard InChI is InChI=1S/C15H10F3NOS/c16-9-5-6-13(12(18)7-9)19-14(20)8-21-15(19)10-3-1-2-4-11(10)17/h1-7,15H,8H2. The summed E-state index contributed by atoms with van der Waals surface area (Å²) in [7, 11) is 0. The Balaban J connectivity index is 2.06. The van der Waals surface area contributed by atoms with Crippen molar-refractivity contribution in [2.24, 2.45) is 0 Å². The molecule has 1 fully saturated rings. The van der Waals surface area contributed by atoms with Gasteiger partial charge < -0.3 is 0 Å². The Hall–Kier alpha value is -1.95. The van der Waals surface area contributed by atoms with Crippen molar-refractivity contribution in [3.05, 3.63) is 65.5 Å². The highest BCUT2D eigenvalue weighted by Gasteiger charge is 2.36. The van der Waals surface area contributed by atoms with Crippen LogP contribution in [0.2, 0.25) is 0 Å². The van der Waals surface area contributed by atoms with Crippen LogP contribution < -0.4 is 4.90 Å². The van der Waals surface area contributed by atoms with Crippen molar-refractivity contribution in [3.8, 4) is 0 Å². The molecule has 1 amide bonds. The van der Waals surface area contributed by atoms with Crippen LogP contribution in [0.3, 0.4) is 0 Å². The summed E-state index contributed by atoms with van der Waals surface area (Å²) in [5.41, 5.74) is 0.261. The lowest BCUT2D eigenvalue weighted by molar-refractivity contribution is -0.115. The quantitative estimate of drug-likeness (QED) is 0.839. The average Bonchev–Trinajstić information content (AvgIpc) is 2.81. The van der Waals surface area contributed by atoms with E-state index in [1.165, 1.54) is 28.8 Å². The molecule has 1 saturated heterocycles. The maximum atomic E-state index is 13.9. The Morgan fingerprint density at radius 1 is 1.05 bits per heavy atom. The first-order valence-electron chi connectivity index (χ1n) is 6.21. The first-order valence-corrected chi connectivity index (χ1v) is 7.26. The van der Waals surface area contributed by atoms with Gasteiger partial charge >= 0.3 is 0 Å². The Kier molecular flexibility index (Phi) is 3.63. The predicted molar refractivity (Wildman–Crippen MR) is 75.4 cm³/mol. The number of carbonyl (C=O) groups is 1. The highest BCUT2D eigenvalue weighted by molar-refractivity contribution is 8.00. The van der Waals surface area contributed by atoms with E-state index in [-0.39, 0.29) is 17.3 Å². The number of thioether (sulfide) groups is 1. The SMILES string of the molecule is O=C1CSC(c2ccccc2F)N1c1ccc(F)cc1F. The monoisotopic (exact) mass is 309 g/mol. The van der Waals surface area contributed by atoms with E-state index >= 15 is 0 Å². The lowest BCUT2D eigenvalue weighted by atomic mass is 10.1. The molecule has 3 rings (SSSR count). The first kappa shape index (κ1) is 14.0. The van der Waals surface area contributed by atoms with Gasteiger partial charge in [0.2, 0.25) is 5.91 Å². The van der Waals surface area contributed by atoms with Gasteiger partial charge in [-0.25, -0.2) is 13.2 Å². The summed E-state index contributed by atoms with van der Waals surface area (Å²) in [5.74, 6) is -2.24. The van der Waals surface area contributed by atoms with Crippen LogP contribution >= 0.6 is 11.8 Å². The Morgan fingerprint density at radius 2 is 1.81 bits per heavy atom. The van der Waals surface area contributed by atoms with Gasteiger partial charge in [0.1, 0.15) is 22.8 Å². The third kappa shape index (κ3) is 2.51. The van der Waals surface area contributed by atoms with Crippen LogP contribution in [0.4, 0.5) is 18.9 Å². The van der Waals surface area contributed by atoms with Gasteiger partial charge in [-0.1, -0.05) is 18.2 Å². The minimum absolute atomic E-state index is 0.0420. The van der Waals surface area contributed by atoms with Crippen molar-refractivity contribution in [2.45, 2.75) is 5.37 Å². The minimum atomic E-state index is -0.841. The second kappa shape index (κ2) is 5.44. The van der Waals surface area contributed by atoms with Crippen LogP contribution in [-0.4, -0.2) is 11.7 Å². The summed E-state index contributed by atoms with van der Waals surface area (Å²) in [4.78, 5) is 13.2. The van der Waals surface area contributed by atoms with E-state index in [0.717, 1.165) is 6.07 Å². The van der Waals surface area contributed by atoms with Crippen molar-refractivity contribution in [1.29, 1.82) is 0 Å². The topological polar surface area (TPSA) is 20.3 Å². The molecular formula is C15H10F3NOS. The molecule has 0 N–H and O–H groups in total. The molecule has 0 spiro atoms. The van der Waals surface area contributed by atoms with E-state index in [9.17, 15) is 18.0 Å². The summed E-state index contributed by atoms with van der Waals surface area (Å²) in [5, 5.41) is -0.654. The number of hydrogen-bond acceptors (Lipinski definition) is 2. The highest BCUT2D eigenvalue weighted by Crippen LogP contribution is 2.43. The van der Waals surface area contributed by atoms with E-state index < -0.39 is 22.8 Å². The molecule has 21 heavy (non-hydrogen) atoms. The molecule has 0 bridgehead atoms.